The molecule has 5 nitrogen and oxygen atoms in total. The standard InChI is InChI=1S/C17H19FN2O3/c1-11-8-12(18)4-6-14(11)19-10-17(21)20-13-5-7-15(22-2)16(9-13)23-3/h4-9,19H,10H2,1-3H3,(H,20,21). The zero-order chi connectivity index (χ0) is 16.8. The Labute approximate surface area is 134 Å². The van der Waals surface area contributed by atoms with Crippen molar-refractivity contribution >= 4 is 17.3 Å². The maximum absolute atomic E-state index is 13.0. The molecule has 0 aliphatic rings. The minimum Gasteiger partial charge on any atom is -0.493 e. The number of ether oxygens (including phenoxy) is 2. The lowest BCUT2D eigenvalue weighted by Crippen LogP contribution is -2.22. The fourth-order valence-electron chi connectivity index (χ4n) is 2.12. The van der Waals surface area contributed by atoms with Gasteiger partial charge in [0.2, 0.25) is 5.91 Å². The summed E-state index contributed by atoms with van der Waals surface area (Å²) in [5.41, 5.74) is 2.06. The topological polar surface area (TPSA) is 59.6 Å². The summed E-state index contributed by atoms with van der Waals surface area (Å²) in [7, 11) is 3.08. The van der Waals surface area contributed by atoms with E-state index in [1.54, 1.807) is 38.3 Å². The zero-order valence-electron chi connectivity index (χ0n) is 13.3. The second-order valence-electron chi connectivity index (χ2n) is 4.93. The smallest absolute Gasteiger partial charge is 0.243 e. The fraction of sp³-hybridized carbons (Fsp3) is 0.235. The number of anilines is 2. The lowest BCUT2D eigenvalue weighted by Gasteiger charge is -2.12. The van der Waals surface area contributed by atoms with E-state index < -0.39 is 0 Å². The molecule has 0 radical (unpaired) electrons. The predicted octanol–water partition coefficient (Wildman–Crippen LogP) is 3.20. The number of carbonyl (C=O) groups is 1. The SMILES string of the molecule is COc1ccc(NC(=O)CNc2ccc(F)cc2C)cc1OC. The van der Waals surface area contributed by atoms with Gasteiger partial charge in [0, 0.05) is 17.4 Å². The molecule has 122 valence electrons. The van der Waals surface area contributed by atoms with Crippen LogP contribution in [-0.4, -0.2) is 26.7 Å². The highest BCUT2D eigenvalue weighted by Crippen LogP contribution is 2.29. The molecular formula is C17H19FN2O3. The molecule has 0 bridgehead atoms. The van der Waals surface area contributed by atoms with Crippen LogP contribution in [0.4, 0.5) is 15.8 Å². The van der Waals surface area contributed by atoms with E-state index in [1.807, 2.05) is 0 Å². The number of benzene rings is 2. The van der Waals surface area contributed by atoms with Gasteiger partial charge >= 0.3 is 0 Å². The number of halogens is 1. The minimum absolute atomic E-state index is 0.0703. The molecule has 2 aromatic rings. The third-order valence-electron chi connectivity index (χ3n) is 3.30. The van der Waals surface area contributed by atoms with Gasteiger partial charge in [0.05, 0.1) is 20.8 Å². The number of methoxy groups -OCH3 is 2. The van der Waals surface area contributed by atoms with Crippen molar-refractivity contribution in [2.75, 3.05) is 31.4 Å². The maximum atomic E-state index is 13.0. The molecule has 0 aromatic heterocycles. The van der Waals surface area contributed by atoms with Crippen LogP contribution in [0.5, 0.6) is 11.5 Å². The third-order valence-corrected chi connectivity index (χ3v) is 3.30. The Hall–Kier alpha value is -2.76. The van der Waals surface area contributed by atoms with E-state index in [0.29, 0.717) is 22.9 Å². The summed E-state index contributed by atoms with van der Waals surface area (Å²) in [4.78, 5) is 12.0. The lowest BCUT2D eigenvalue weighted by molar-refractivity contribution is -0.114. The zero-order valence-corrected chi connectivity index (χ0v) is 13.3. The van der Waals surface area contributed by atoms with Gasteiger partial charge < -0.3 is 20.1 Å². The molecule has 6 heteroatoms. The molecule has 2 rings (SSSR count). The molecule has 1 amide bonds. The van der Waals surface area contributed by atoms with Gasteiger partial charge in [-0.1, -0.05) is 0 Å². The maximum Gasteiger partial charge on any atom is 0.243 e. The largest absolute Gasteiger partial charge is 0.493 e. The number of carbonyl (C=O) groups excluding carboxylic acids is 1. The molecule has 0 unspecified atom stereocenters. The monoisotopic (exact) mass is 318 g/mol. The predicted molar refractivity (Wildman–Crippen MR) is 87.8 cm³/mol. The quantitative estimate of drug-likeness (QED) is 0.859. The van der Waals surface area contributed by atoms with Crippen molar-refractivity contribution in [2.45, 2.75) is 6.92 Å². The molecule has 0 saturated carbocycles. The summed E-state index contributed by atoms with van der Waals surface area (Å²) in [6, 6.07) is 9.48. The van der Waals surface area contributed by atoms with Gasteiger partial charge in [0.15, 0.2) is 11.5 Å². The second kappa shape index (κ2) is 7.49. The van der Waals surface area contributed by atoms with Crippen LogP contribution in [-0.2, 0) is 4.79 Å². The average molecular weight is 318 g/mol. The van der Waals surface area contributed by atoms with Crippen molar-refractivity contribution in [3.63, 3.8) is 0 Å². The third kappa shape index (κ3) is 4.35. The van der Waals surface area contributed by atoms with Crippen molar-refractivity contribution in [2.24, 2.45) is 0 Å². The van der Waals surface area contributed by atoms with Crippen LogP contribution in [0, 0.1) is 12.7 Å². The summed E-state index contributed by atoms with van der Waals surface area (Å²) in [5, 5.41) is 5.73. The normalized spacial score (nSPS) is 10.1. The van der Waals surface area contributed by atoms with Crippen LogP contribution < -0.4 is 20.1 Å². The molecule has 0 aliphatic heterocycles. The first-order valence-electron chi connectivity index (χ1n) is 7.05. The Kier molecular flexibility index (Phi) is 5.41. The van der Waals surface area contributed by atoms with Crippen LogP contribution >= 0.6 is 0 Å². The van der Waals surface area contributed by atoms with Crippen molar-refractivity contribution in [1.82, 2.24) is 0 Å². The van der Waals surface area contributed by atoms with Gasteiger partial charge in [-0.3, -0.25) is 4.79 Å². The van der Waals surface area contributed by atoms with Crippen molar-refractivity contribution in [3.05, 3.63) is 47.8 Å². The Morgan fingerprint density at radius 3 is 2.48 bits per heavy atom. The molecule has 0 aliphatic carbocycles. The average Bonchev–Trinajstić information content (AvgIpc) is 2.54. The number of hydrogen-bond acceptors (Lipinski definition) is 4. The molecule has 0 heterocycles. The van der Waals surface area contributed by atoms with Crippen LogP contribution in [0.2, 0.25) is 0 Å². The highest BCUT2D eigenvalue weighted by molar-refractivity contribution is 5.94. The summed E-state index contributed by atoms with van der Waals surface area (Å²) in [6.07, 6.45) is 0. The van der Waals surface area contributed by atoms with E-state index in [1.165, 1.54) is 19.2 Å². The van der Waals surface area contributed by atoms with Crippen molar-refractivity contribution in [3.8, 4) is 11.5 Å². The van der Waals surface area contributed by atoms with E-state index in [9.17, 15) is 9.18 Å². The minimum atomic E-state index is -0.303. The van der Waals surface area contributed by atoms with Gasteiger partial charge in [-0.25, -0.2) is 4.39 Å². The van der Waals surface area contributed by atoms with E-state index in [2.05, 4.69) is 10.6 Å². The Morgan fingerprint density at radius 1 is 1.09 bits per heavy atom. The molecule has 0 saturated heterocycles. The molecule has 2 aromatic carbocycles. The van der Waals surface area contributed by atoms with Crippen LogP contribution in [0.1, 0.15) is 5.56 Å². The molecule has 0 fully saturated rings. The van der Waals surface area contributed by atoms with Crippen LogP contribution in [0.3, 0.4) is 0 Å². The number of amides is 1. The van der Waals surface area contributed by atoms with Gasteiger partial charge in [-0.2, -0.15) is 0 Å². The first-order chi connectivity index (χ1) is 11.0. The summed E-state index contributed by atoms with van der Waals surface area (Å²) < 4.78 is 23.4. The van der Waals surface area contributed by atoms with E-state index in [0.717, 1.165) is 5.56 Å². The Balaban J connectivity index is 1.97. The van der Waals surface area contributed by atoms with Crippen LogP contribution in [0.25, 0.3) is 0 Å². The number of aryl methyl sites for hydroxylation is 1. The van der Waals surface area contributed by atoms with Gasteiger partial charge in [-0.05, 0) is 42.8 Å². The Morgan fingerprint density at radius 2 is 1.83 bits per heavy atom. The molecule has 2 N–H and O–H groups in total. The molecule has 0 spiro atoms. The van der Waals surface area contributed by atoms with Crippen LogP contribution in [0.15, 0.2) is 36.4 Å². The van der Waals surface area contributed by atoms with E-state index >= 15 is 0 Å². The first-order valence-corrected chi connectivity index (χ1v) is 7.05. The highest BCUT2D eigenvalue weighted by atomic mass is 19.1. The number of rotatable bonds is 6. The van der Waals surface area contributed by atoms with Gasteiger partial charge in [0.25, 0.3) is 0 Å². The number of nitrogens with one attached hydrogen (secondary N) is 2. The first kappa shape index (κ1) is 16.6. The van der Waals surface area contributed by atoms with Crippen molar-refractivity contribution < 1.29 is 18.7 Å². The fourth-order valence-corrected chi connectivity index (χ4v) is 2.12. The lowest BCUT2D eigenvalue weighted by atomic mass is 10.2. The highest BCUT2D eigenvalue weighted by Gasteiger charge is 2.08. The van der Waals surface area contributed by atoms with Gasteiger partial charge in [-0.15, -0.1) is 0 Å². The molecule has 23 heavy (non-hydrogen) atoms. The Bertz CT molecular complexity index is 704. The summed E-state index contributed by atoms with van der Waals surface area (Å²) in [6.45, 7) is 1.85. The van der Waals surface area contributed by atoms with Crippen molar-refractivity contribution in [1.29, 1.82) is 0 Å². The summed E-state index contributed by atoms with van der Waals surface area (Å²) >= 11 is 0. The molecule has 0 atom stereocenters. The van der Waals surface area contributed by atoms with Gasteiger partial charge in [0.1, 0.15) is 5.82 Å². The second-order valence-corrected chi connectivity index (χ2v) is 4.93. The summed E-state index contributed by atoms with van der Waals surface area (Å²) in [5.74, 6) is 0.599. The number of hydrogen-bond donors (Lipinski definition) is 2. The van der Waals surface area contributed by atoms with E-state index in [-0.39, 0.29) is 18.3 Å². The van der Waals surface area contributed by atoms with E-state index in [4.69, 9.17) is 9.47 Å². The molecular weight excluding hydrogens is 299 g/mol.